The van der Waals surface area contributed by atoms with Crippen molar-refractivity contribution in [1.82, 2.24) is 15.2 Å². The lowest BCUT2D eigenvalue weighted by molar-refractivity contribution is 0.0600. The van der Waals surface area contributed by atoms with E-state index in [9.17, 15) is 10.1 Å². The smallest absolute Gasteiger partial charge is 0.337 e. The molecule has 138 valence electrons. The summed E-state index contributed by atoms with van der Waals surface area (Å²) < 4.78 is 10.3. The highest BCUT2D eigenvalue weighted by Crippen LogP contribution is 2.45. The topological polar surface area (TPSA) is 127 Å². The first-order chi connectivity index (χ1) is 13.6. The zero-order valence-electron chi connectivity index (χ0n) is 14.8. The molecular formula is C20H15N5O3. The van der Waals surface area contributed by atoms with Gasteiger partial charge in [0.05, 0.1) is 29.8 Å². The molecule has 1 aliphatic heterocycles. The van der Waals surface area contributed by atoms with E-state index < -0.39 is 11.9 Å². The van der Waals surface area contributed by atoms with Gasteiger partial charge in [-0.1, -0.05) is 12.1 Å². The Bertz CT molecular complexity index is 1110. The van der Waals surface area contributed by atoms with Gasteiger partial charge in [0.15, 0.2) is 0 Å². The standard InChI is InChI=1S/C20H15N5O3/c1-27-20(26)12-6-4-11(5-7-12)15-14(9-21)18(22)28-19-16(15)17(24-25-19)13-3-2-8-23-10-13/h2-8,10,15H,22H2,1H3,(H,24,25)/t15-/m0/s1. The van der Waals surface area contributed by atoms with Gasteiger partial charge in [-0.2, -0.15) is 5.26 Å². The Labute approximate surface area is 160 Å². The number of benzene rings is 1. The summed E-state index contributed by atoms with van der Waals surface area (Å²) in [6, 6.07) is 12.6. The zero-order valence-corrected chi connectivity index (χ0v) is 14.8. The van der Waals surface area contributed by atoms with Crippen LogP contribution in [-0.4, -0.2) is 28.3 Å². The van der Waals surface area contributed by atoms with E-state index in [1.165, 1.54) is 7.11 Å². The third-order valence-electron chi connectivity index (χ3n) is 4.55. The molecule has 0 aliphatic carbocycles. The number of rotatable bonds is 3. The lowest BCUT2D eigenvalue weighted by Gasteiger charge is -2.24. The molecule has 0 unspecified atom stereocenters. The molecule has 3 aromatic rings. The van der Waals surface area contributed by atoms with Crippen LogP contribution in [0.1, 0.15) is 27.4 Å². The summed E-state index contributed by atoms with van der Waals surface area (Å²) in [5.74, 6) is -0.637. The second kappa shape index (κ2) is 6.89. The summed E-state index contributed by atoms with van der Waals surface area (Å²) in [6.45, 7) is 0. The molecule has 0 amide bonds. The van der Waals surface area contributed by atoms with Gasteiger partial charge in [-0.25, -0.2) is 4.79 Å². The van der Waals surface area contributed by atoms with Crippen molar-refractivity contribution in [1.29, 1.82) is 5.26 Å². The molecule has 0 saturated carbocycles. The molecule has 28 heavy (non-hydrogen) atoms. The number of aromatic amines is 1. The molecule has 3 heterocycles. The molecule has 0 spiro atoms. The minimum absolute atomic E-state index is 0.00119. The predicted molar refractivity (Wildman–Crippen MR) is 98.9 cm³/mol. The molecule has 3 N–H and O–H groups in total. The van der Waals surface area contributed by atoms with Crippen molar-refractivity contribution in [2.24, 2.45) is 5.73 Å². The van der Waals surface area contributed by atoms with E-state index in [-0.39, 0.29) is 11.5 Å². The average molecular weight is 373 g/mol. The maximum atomic E-state index is 11.7. The van der Waals surface area contributed by atoms with Crippen molar-refractivity contribution in [2.75, 3.05) is 7.11 Å². The van der Waals surface area contributed by atoms with Gasteiger partial charge in [0.25, 0.3) is 0 Å². The van der Waals surface area contributed by atoms with Crippen LogP contribution in [0.2, 0.25) is 0 Å². The van der Waals surface area contributed by atoms with Crippen LogP contribution < -0.4 is 10.5 Å². The first kappa shape index (κ1) is 17.3. The van der Waals surface area contributed by atoms with Crippen LogP contribution in [0.3, 0.4) is 0 Å². The van der Waals surface area contributed by atoms with Gasteiger partial charge in [-0.15, -0.1) is 5.10 Å². The second-order valence-corrected chi connectivity index (χ2v) is 6.10. The van der Waals surface area contributed by atoms with E-state index in [1.807, 2.05) is 12.1 Å². The maximum absolute atomic E-state index is 11.7. The summed E-state index contributed by atoms with van der Waals surface area (Å²) in [5, 5.41) is 16.9. The lowest BCUT2D eigenvalue weighted by atomic mass is 9.83. The van der Waals surface area contributed by atoms with E-state index in [0.29, 0.717) is 22.7 Å². The Kier molecular flexibility index (Phi) is 4.26. The third kappa shape index (κ3) is 2.75. The minimum Gasteiger partial charge on any atom is -0.465 e. The number of methoxy groups -OCH3 is 1. The highest BCUT2D eigenvalue weighted by Gasteiger charge is 2.35. The number of ether oxygens (including phenoxy) is 2. The normalized spacial score (nSPS) is 15.4. The van der Waals surface area contributed by atoms with Crippen molar-refractivity contribution in [3.05, 3.63) is 76.9 Å². The second-order valence-electron chi connectivity index (χ2n) is 6.10. The quantitative estimate of drug-likeness (QED) is 0.675. The van der Waals surface area contributed by atoms with Crippen LogP contribution in [-0.2, 0) is 4.74 Å². The molecule has 0 bridgehead atoms. The molecule has 0 radical (unpaired) electrons. The molecule has 4 rings (SSSR count). The van der Waals surface area contributed by atoms with E-state index in [2.05, 4.69) is 21.3 Å². The number of allylic oxidation sites excluding steroid dienone is 1. The third-order valence-corrected chi connectivity index (χ3v) is 4.55. The van der Waals surface area contributed by atoms with Crippen LogP contribution in [0.4, 0.5) is 0 Å². The summed E-state index contributed by atoms with van der Waals surface area (Å²) >= 11 is 0. The molecule has 8 heteroatoms. The van der Waals surface area contributed by atoms with Crippen LogP contribution >= 0.6 is 0 Å². The number of nitrogens with one attached hydrogen (secondary N) is 1. The monoisotopic (exact) mass is 373 g/mol. The van der Waals surface area contributed by atoms with E-state index in [1.54, 1.807) is 36.7 Å². The molecule has 1 aromatic carbocycles. The SMILES string of the molecule is COC(=O)c1ccc([C@H]2C(C#N)=C(N)Oc3n[nH]c(-c4cccnc4)c32)cc1. The lowest BCUT2D eigenvalue weighted by Crippen LogP contribution is -2.21. The molecule has 1 atom stereocenters. The van der Waals surface area contributed by atoms with Gasteiger partial charge in [0, 0.05) is 18.0 Å². The average Bonchev–Trinajstić information content (AvgIpc) is 3.16. The number of esters is 1. The summed E-state index contributed by atoms with van der Waals surface area (Å²) in [5.41, 5.74) is 9.59. The van der Waals surface area contributed by atoms with Crippen LogP contribution in [0, 0.1) is 11.3 Å². The number of hydrogen-bond donors (Lipinski definition) is 2. The Morgan fingerprint density at radius 2 is 2.11 bits per heavy atom. The fourth-order valence-corrected chi connectivity index (χ4v) is 3.24. The largest absolute Gasteiger partial charge is 0.465 e. The van der Waals surface area contributed by atoms with Crippen LogP contribution in [0.25, 0.3) is 11.3 Å². The van der Waals surface area contributed by atoms with E-state index in [4.69, 9.17) is 15.2 Å². The Hall–Kier alpha value is -4.12. The maximum Gasteiger partial charge on any atom is 0.337 e. The van der Waals surface area contributed by atoms with Gasteiger partial charge in [-0.05, 0) is 29.8 Å². The molecule has 0 fully saturated rings. The fourth-order valence-electron chi connectivity index (χ4n) is 3.24. The van der Waals surface area contributed by atoms with Crippen LogP contribution in [0.5, 0.6) is 5.88 Å². The number of hydrogen-bond acceptors (Lipinski definition) is 7. The molecular weight excluding hydrogens is 358 g/mol. The number of nitrogens with zero attached hydrogens (tertiary/aromatic N) is 3. The molecule has 0 saturated heterocycles. The number of carbonyl (C=O) groups excluding carboxylic acids is 1. The number of pyridine rings is 1. The van der Waals surface area contributed by atoms with Crippen molar-refractivity contribution in [3.8, 4) is 23.2 Å². The van der Waals surface area contributed by atoms with Gasteiger partial charge >= 0.3 is 5.97 Å². The van der Waals surface area contributed by atoms with Gasteiger partial charge in [0.1, 0.15) is 11.6 Å². The van der Waals surface area contributed by atoms with E-state index in [0.717, 1.165) is 11.1 Å². The Morgan fingerprint density at radius 3 is 2.75 bits per heavy atom. The van der Waals surface area contributed by atoms with Gasteiger partial charge < -0.3 is 15.2 Å². The van der Waals surface area contributed by atoms with Crippen molar-refractivity contribution in [3.63, 3.8) is 0 Å². The molecule has 1 aliphatic rings. The van der Waals surface area contributed by atoms with Gasteiger partial charge in [-0.3, -0.25) is 10.1 Å². The first-order valence-electron chi connectivity index (χ1n) is 8.38. The summed E-state index contributed by atoms with van der Waals surface area (Å²) in [6.07, 6.45) is 3.36. The molecule has 8 nitrogen and oxygen atoms in total. The van der Waals surface area contributed by atoms with Crippen molar-refractivity contribution in [2.45, 2.75) is 5.92 Å². The highest BCUT2D eigenvalue weighted by molar-refractivity contribution is 5.89. The van der Waals surface area contributed by atoms with Crippen molar-refractivity contribution < 1.29 is 14.3 Å². The van der Waals surface area contributed by atoms with E-state index >= 15 is 0 Å². The highest BCUT2D eigenvalue weighted by atomic mass is 16.5. The number of fused-ring (bicyclic) bond motifs is 1. The zero-order chi connectivity index (χ0) is 19.7. The Balaban J connectivity index is 1.88. The summed E-state index contributed by atoms with van der Waals surface area (Å²) in [4.78, 5) is 15.9. The minimum atomic E-state index is -0.505. The summed E-state index contributed by atoms with van der Waals surface area (Å²) in [7, 11) is 1.32. The van der Waals surface area contributed by atoms with Crippen LogP contribution in [0.15, 0.2) is 60.2 Å². The number of carbonyl (C=O) groups is 1. The molecule has 2 aromatic heterocycles. The predicted octanol–water partition coefficient (Wildman–Crippen LogP) is 2.48. The number of H-pyrrole nitrogens is 1. The van der Waals surface area contributed by atoms with Crippen molar-refractivity contribution >= 4 is 5.97 Å². The number of nitriles is 1. The number of nitrogens with two attached hydrogens (primary N) is 1. The number of aromatic nitrogens is 3. The first-order valence-corrected chi connectivity index (χ1v) is 8.38. The Morgan fingerprint density at radius 1 is 1.32 bits per heavy atom. The van der Waals surface area contributed by atoms with Gasteiger partial charge in [0.2, 0.25) is 11.8 Å². The fraction of sp³-hybridized carbons (Fsp3) is 0.100.